The molecule has 0 aromatic heterocycles. The third-order valence-corrected chi connectivity index (χ3v) is 15.0. The molecule has 6 rings (SSSR count). The lowest BCUT2D eigenvalue weighted by Gasteiger charge is -2.64. The van der Waals surface area contributed by atoms with Crippen LogP contribution in [0.25, 0.3) is 0 Å². The monoisotopic (exact) mass is 589 g/mol. The average Bonchev–Trinajstić information content (AvgIpc) is 3.24. The van der Waals surface area contributed by atoms with E-state index in [9.17, 15) is 20.1 Å². The molecule has 2 spiro atoms. The quantitative estimate of drug-likeness (QED) is 0.334. The molecular weight excluding hydrogens is 530 g/mol. The zero-order valence-electron chi connectivity index (χ0n) is 27.7. The third-order valence-electron chi connectivity index (χ3n) is 15.0. The molecule has 0 bridgehead atoms. The number of esters is 1. The second-order valence-electron chi connectivity index (χ2n) is 18.1. The number of carbonyl (C=O) groups excluding carboxylic acids is 1. The zero-order chi connectivity index (χ0) is 31.1. The number of carbonyl (C=O) groups is 1. The first-order chi connectivity index (χ1) is 19.2. The van der Waals surface area contributed by atoms with Gasteiger partial charge in [0.2, 0.25) is 0 Å². The van der Waals surface area contributed by atoms with E-state index >= 15 is 0 Å². The van der Waals surface area contributed by atoms with Crippen LogP contribution in [0, 0.1) is 50.7 Å². The van der Waals surface area contributed by atoms with Crippen LogP contribution < -0.4 is 5.73 Å². The van der Waals surface area contributed by atoms with Crippen molar-refractivity contribution in [3.8, 4) is 0 Å². The molecule has 5 N–H and O–H groups in total. The third kappa shape index (κ3) is 3.85. The van der Waals surface area contributed by atoms with E-state index in [0.29, 0.717) is 12.3 Å². The number of hydrogen-bond donors (Lipinski definition) is 4. The van der Waals surface area contributed by atoms with Crippen molar-refractivity contribution < 1.29 is 29.6 Å². The van der Waals surface area contributed by atoms with Crippen molar-refractivity contribution >= 4 is 5.97 Å². The van der Waals surface area contributed by atoms with Crippen LogP contribution in [0.2, 0.25) is 0 Å². The highest BCUT2D eigenvalue weighted by Crippen LogP contribution is 2.89. The fraction of sp³-hybridized carbons (Fsp3) is 0.971. The molecule has 13 atom stereocenters. The van der Waals surface area contributed by atoms with Gasteiger partial charge in [0.1, 0.15) is 12.1 Å². The Labute approximate surface area is 253 Å². The minimum atomic E-state index is -0.923. The van der Waals surface area contributed by atoms with Crippen LogP contribution in [0.1, 0.15) is 120 Å². The van der Waals surface area contributed by atoms with E-state index < -0.39 is 29.5 Å². The number of ether oxygens (including phenoxy) is 2. The summed E-state index contributed by atoms with van der Waals surface area (Å²) in [4.78, 5) is 13.4. The van der Waals surface area contributed by atoms with Gasteiger partial charge in [-0.25, -0.2) is 0 Å². The second kappa shape index (κ2) is 9.18. The Kier molecular flexibility index (Phi) is 6.83. The second-order valence-corrected chi connectivity index (χ2v) is 18.1. The molecule has 1 aliphatic heterocycles. The Morgan fingerprint density at radius 1 is 0.952 bits per heavy atom. The molecule has 5 aliphatic carbocycles. The van der Waals surface area contributed by atoms with Crippen LogP contribution in [0.15, 0.2) is 0 Å². The van der Waals surface area contributed by atoms with Gasteiger partial charge in [0.15, 0.2) is 0 Å². The van der Waals surface area contributed by atoms with E-state index in [1.807, 2.05) is 27.7 Å². The van der Waals surface area contributed by atoms with Crippen molar-refractivity contribution in [1.82, 2.24) is 0 Å². The van der Waals surface area contributed by atoms with Crippen LogP contribution in [0.4, 0.5) is 0 Å². The largest absolute Gasteiger partial charge is 0.461 e. The Bertz CT molecular complexity index is 1120. The minimum Gasteiger partial charge on any atom is -0.461 e. The molecule has 7 heteroatoms. The van der Waals surface area contributed by atoms with Crippen LogP contribution >= 0.6 is 0 Å². The first-order valence-electron chi connectivity index (χ1n) is 16.9. The van der Waals surface area contributed by atoms with Gasteiger partial charge in [-0.2, -0.15) is 0 Å². The van der Waals surface area contributed by atoms with Crippen molar-refractivity contribution in [2.24, 2.45) is 56.5 Å². The molecule has 4 unspecified atom stereocenters. The van der Waals surface area contributed by atoms with Crippen molar-refractivity contribution in [2.45, 2.75) is 162 Å². The van der Waals surface area contributed by atoms with Crippen LogP contribution in [0.5, 0.6) is 0 Å². The molecule has 0 radical (unpaired) electrons. The van der Waals surface area contributed by atoms with Gasteiger partial charge in [0.05, 0.1) is 29.5 Å². The summed E-state index contributed by atoms with van der Waals surface area (Å²) in [5.74, 6) is 0.0143. The maximum absolute atomic E-state index is 13.4. The molecule has 1 heterocycles. The molecule has 0 aromatic carbocycles. The maximum Gasteiger partial charge on any atom is 0.323 e. The molecule has 0 aromatic rings. The summed E-state index contributed by atoms with van der Waals surface area (Å²) in [6.45, 7) is 18.9. The maximum atomic E-state index is 13.4. The standard InChI is InChI=1S/C35H59NO6/c1-19(2)25(36)28(39)41-21-16-22-32(8)17-20(37)26(33(9)12-11-24(42-33)30(5,6)40)31(32,7)14-15-34(22)18-35(34)13-10-23(38)29(3,4)27(21)35/h19-27,37-38,40H,10-18,36H2,1-9H3/t20-,21-,22?,23-,24?,25-,26-,27-,31+,32-,33+,34?,35?/m0/s1. The lowest BCUT2D eigenvalue weighted by Crippen LogP contribution is -2.63. The summed E-state index contributed by atoms with van der Waals surface area (Å²) in [5, 5.41) is 34.0. The summed E-state index contributed by atoms with van der Waals surface area (Å²) >= 11 is 0. The smallest absolute Gasteiger partial charge is 0.323 e. The highest BCUT2D eigenvalue weighted by atomic mass is 16.5. The number of aliphatic hydroxyl groups is 3. The highest BCUT2D eigenvalue weighted by molar-refractivity contribution is 5.76. The van der Waals surface area contributed by atoms with Gasteiger partial charge in [-0.15, -0.1) is 0 Å². The Hall–Kier alpha value is -0.730. The number of rotatable bonds is 5. The molecule has 6 fully saturated rings. The van der Waals surface area contributed by atoms with Crippen LogP contribution in [-0.2, 0) is 14.3 Å². The van der Waals surface area contributed by atoms with Gasteiger partial charge < -0.3 is 30.5 Å². The first-order valence-corrected chi connectivity index (χ1v) is 16.9. The van der Waals surface area contributed by atoms with Crippen LogP contribution in [-0.4, -0.2) is 62.9 Å². The molecule has 7 nitrogen and oxygen atoms in total. The molecule has 42 heavy (non-hydrogen) atoms. The highest BCUT2D eigenvalue weighted by Gasteiger charge is 2.85. The van der Waals surface area contributed by atoms with E-state index in [4.69, 9.17) is 15.2 Å². The lowest BCUT2D eigenvalue weighted by molar-refractivity contribution is -0.221. The molecular formula is C35H59NO6. The van der Waals surface area contributed by atoms with E-state index in [-0.39, 0.29) is 63.0 Å². The Morgan fingerprint density at radius 2 is 1.62 bits per heavy atom. The average molecular weight is 590 g/mol. The summed E-state index contributed by atoms with van der Waals surface area (Å²) in [5.41, 5.74) is 4.40. The summed E-state index contributed by atoms with van der Waals surface area (Å²) in [7, 11) is 0. The number of nitrogens with two attached hydrogens (primary N) is 1. The summed E-state index contributed by atoms with van der Waals surface area (Å²) < 4.78 is 13.2. The zero-order valence-corrected chi connectivity index (χ0v) is 27.7. The van der Waals surface area contributed by atoms with Crippen molar-refractivity contribution in [2.75, 3.05) is 0 Å². The van der Waals surface area contributed by atoms with Gasteiger partial charge >= 0.3 is 5.97 Å². The number of hydrogen-bond acceptors (Lipinski definition) is 7. The first kappa shape index (κ1) is 31.3. The molecule has 0 amide bonds. The summed E-state index contributed by atoms with van der Waals surface area (Å²) in [6, 6.07) is -0.670. The Balaban J connectivity index is 1.39. The number of fused-ring (bicyclic) bond motifs is 2. The van der Waals surface area contributed by atoms with Gasteiger partial charge in [0.25, 0.3) is 0 Å². The van der Waals surface area contributed by atoms with Gasteiger partial charge in [-0.1, -0.05) is 41.5 Å². The summed E-state index contributed by atoms with van der Waals surface area (Å²) in [6.07, 6.45) is 6.64. The lowest BCUT2D eigenvalue weighted by atomic mass is 9.41. The minimum absolute atomic E-state index is 0.0128. The molecule has 1 saturated heterocycles. The molecule has 5 saturated carbocycles. The van der Waals surface area contributed by atoms with E-state index in [1.54, 1.807) is 0 Å². The van der Waals surface area contributed by atoms with Crippen molar-refractivity contribution in [1.29, 1.82) is 0 Å². The van der Waals surface area contributed by atoms with E-state index in [0.717, 1.165) is 51.4 Å². The normalized spacial score (nSPS) is 53.5. The van der Waals surface area contributed by atoms with E-state index in [2.05, 4.69) is 34.6 Å². The van der Waals surface area contributed by atoms with Crippen LogP contribution in [0.3, 0.4) is 0 Å². The van der Waals surface area contributed by atoms with Crippen molar-refractivity contribution in [3.63, 3.8) is 0 Å². The van der Waals surface area contributed by atoms with Gasteiger partial charge in [-0.05, 0) is 117 Å². The predicted molar refractivity (Wildman–Crippen MR) is 161 cm³/mol. The fourth-order valence-corrected chi connectivity index (χ4v) is 12.7. The van der Waals surface area contributed by atoms with Gasteiger partial charge in [0, 0.05) is 11.8 Å². The topological polar surface area (TPSA) is 122 Å². The van der Waals surface area contributed by atoms with Crippen molar-refractivity contribution in [3.05, 3.63) is 0 Å². The number of aliphatic hydroxyl groups excluding tert-OH is 2. The fourth-order valence-electron chi connectivity index (χ4n) is 12.7. The molecule has 240 valence electrons. The SMILES string of the molecule is CC(C)[C@H](N)C(=O)O[C@H]1CC2C3(CC[C@]4(C)[C@@H]([C@@]5(C)CCC(C(C)(C)O)O5)[C@@H](O)C[C@@]24C)CC32CC[C@H](O)C(C)(C)[C@H]12. The van der Waals surface area contributed by atoms with Gasteiger partial charge in [-0.3, -0.25) is 4.79 Å². The van der Waals surface area contributed by atoms with E-state index in [1.165, 1.54) is 0 Å². The Morgan fingerprint density at radius 3 is 2.21 bits per heavy atom. The molecule has 6 aliphatic rings. The predicted octanol–water partition coefficient (Wildman–Crippen LogP) is 4.97.